The lowest BCUT2D eigenvalue weighted by Crippen LogP contribution is -2.14. The van der Waals surface area contributed by atoms with Gasteiger partial charge in [-0.05, 0) is 42.5 Å². The van der Waals surface area contributed by atoms with Crippen molar-refractivity contribution in [2.75, 3.05) is 16.8 Å². The van der Waals surface area contributed by atoms with E-state index in [-0.39, 0.29) is 17.7 Å². The van der Waals surface area contributed by atoms with E-state index in [1.807, 2.05) is 31.2 Å². The molecule has 140 valence electrons. The van der Waals surface area contributed by atoms with Crippen molar-refractivity contribution < 1.29 is 9.21 Å². The van der Waals surface area contributed by atoms with Crippen LogP contribution in [0.3, 0.4) is 0 Å². The molecule has 0 fully saturated rings. The predicted molar refractivity (Wildman–Crippen MR) is 110 cm³/mol. The minimum Gasteiger partial charge on any atom is -0.407 e. The van der Waals surface area contributed by atoms with Gasteiger partial charge in [0.2, 0.25) is 11.8 Å². The summed E-state index contributed by atoms with van der Waals surface area (Å²) in [6.07, 6.45) is 0.540. The Kier molecular flexibility index (Phi) is 6.95. The molecule has 27 heavy (non-hydrogen) atoms. The molecular formula is C20H21N3O2S2. The Morgan fingerprint density at radius 3 is 2.37 bits per heavy atom. The van der Waals surface area contributed by atoms with Crippen molar-refractivity contribution in [1.82, 2.24) is 10.2 Å². The molecule has 0 saturated carbocycles. The fraction of sp³-hybridized carbons (Fsp3) is 0.250. The first kappa shape index (κ1) is 19.5. The maximum Gasteiger partial charge on any atom is 0.322 e. The van der Waals surface area contributed by atoms with Crippen molar-refractivity contribution in [3.63, 3.8) is 0 Å². The highest BCUT2D eigenvalue weighted by atomic mass is 32.2. The van der Waals surface area contributed by atoms with Crippen LogP contribution in [0.5, 0.6) is 0 Å². The molecule has 0 radical (unpaired) electrons. The molecule has 2 aromatic carbocycles. The van der Waals surface area contributed by atoms with E-state index in [9.17, 15) is 4.79 Å². The van der Waals surface area contributed by atoms with Crippen LogP contribution in [0.2, 0.25) is 0 Å². The van der Waals surface area contributed by atoms with Gasteiger partial charge in [0.15, 0.2) is 0 Å². The molecule has 5 nitrogen and oxygen atoms in total. The average molecular weight is 400 g/mol. The van der Waals surface area contributed by atoms with Gasteiger partial charge in [0.05, 0.1) is 12.2 Å². The third kappa shape index (κ3) is 6.15. The highest BCUT2D eigenvalue weighted by molar-refractivity contribution is 8.00. The number of aromatic nitrogens is 2. The van der Waals surface area contributed by atoms with Crippen LogP contribution in [0.1, 0.15) is 23.9 Å². The van der Waals surface area contributed by atoms with Gasteiger partial charge in [0.25, 0.3) is 0 Å². The van der Waals surface area contributed by atoms with Crippen molar-refractivity contribution >= 4 is 35.4 Å². The Labute approximate surface area is 167 Å². The number of anilines is 1. The minimum absolute atomic E-state index is 0.137. The second-order valence-electron chi connectivity index (χ2n) is 5.90. The normalized spacial score (nSPS) is 10.7. The number of hydrogen-bond acceptors (Lipinski definition) is 6. The number of amides is 1. The van der Waals surface area contributed by atoms with E-state index in [0.29, 0.717) is 12.3 Å². The molecule has 0 aliphatic heterocycles. The molecule has 0 aliphatic rings. The third-order valence-electron chi connectivity index (χ3n) is 3.69. The molecule has 7 heteroatoms. The fourth-order valence-corrected chi connectivity index (χ4v) is 3.72. The van der Waals surface area contributed by atoms with E-state index in [2.05, 4.69) is 46.7 Å². The van der Waals surface area contributed by atoms with Crippen LogP contribution in [0.25, 0.3) is 0 Å². The van der Waals surface area contributed by atoms with E-state index >= 15 is 0 Å². The number of nitrogens with zero attached hydrogens (tertiary/aromatic N) is 2. The number of rotatable bonds is 8. The van der Waals surface area contributed by atoms with Crippen molar-refractivity contribution in [1.29, 1.82) is 0 Å². The summed E-state index contributed by atoms with van der Waals surface area (Å²) in [7, 11) is 0. The topological polar surface area (TPSA) is 68.0 Å². The zero-order valence-electron chi connectivity index (χ0n) is 15.3. The van der Waals surface area contributed by atoms with Crippen LogP contribution in [0, 0.1) is 6.92 Å². The highest BCUT2D eigenvalue weighted by Crippen LogP contribution is 2.20. The number of aryl methyl sites for hydroxylation is 1. The lowest BCUT2D eigenvalue weighted by atomic mass is 10.1. The van der Waals surface area contributed by atoms with Crippen LogP contribution in [-0.4, -0.2) is 27.6 Å². The lowest BCUT2D eigenvalue weighted by Gasteiger charge is -2.02. The number of thioether (sulfide) groups is 2. The fourth-order valence-electron chi connectivity index (χ4n) is 2.36. The lowest BCUT2D eigenvalue weighted by molar-refractivity contribution is -0.113. The van der Waals surface area contributed by atoms with Gasteiger partial charge in [0, 0.05) is 9.79 Å². The van der Waals surface area contributed by atoms with E-state index in [4.69, 9.17) is 4.42 Å². The van der Waals surface area contributed by atoms with Crippen LogP contribution < -0.4 is 5.32 Å². The summed E-state index contributed by atoms with van der Waals surface area (Å²) >= 11 is 3.27. The number of hydrogen-bond donors (Lipinski definition) is 1. The third-order valence-corrected chi connectivity index (χ3v) is 5.60. The van der Waals surface area contributed by atoms with Gasteiger partial charge in [-0.15, -0.1) is 28.6 Å². The number of carbonyl (C=O) groups is 1. The molecule has 1 aromatic heterocycles. The molecule has 1 amide bonds. The summed E-state index contributed by atoms with van der Waals surface area (Å²) in [6, 6.07) is 16.5. The molecule has 1 N–H and O–H groups in total. The zero-order chi connectivity index (χ0) is 19.1. The quantitative estimate of drug-likeness (QED) is 0.548. The summed E-state index contributed by atoms with van der Waals surface area (Å²) < 4.78 is 5.54. The highest BCUT2D eigenvalue weighted by Gasteiger charge is 2.11. The SMILES string of the molecule is CCSc1ccc(Cc2nnc(NC(=O)CSc3ccc(C)cc3)o2)cc1. The Hall–Kier alpha value is -2.25. The van der Waals surface area contributed by atoms with Gasteiger partial charge < -0.3 is 4.42 Å². The standard InChI is InChI=1S/C20H21N3O2S2/c1-3-26-16-10-6-15(7-11-16)12-19-22-23-20(25-19)21-18(24)13-27-17-8-4-14(2)5-9-17/h4-11H,3,12-13H2,1-2H3,(H,21,23,24). The van der Waals surface area contributed by atoms with E-state index in [0.717, 1.165) is 16.2 Å². The Bertz CT molecular complexity index is 877. The van der Waals surface area contributed by atoms with Crippen molar-refractivity contribution in [2.24, 2.45) is 0 Å². The van der Waals surface area contributed by atoms with Crippen molar-refractivity contribution in [3.05, 3.63) is 65.5 Å². The molecule has 3 rings (SSSR count). The zero-order valence-corrected chi connectivity index (χ0v) is 16.9. The Morgan fingerprint density at radius 1 is 1.00 bits per heavy atom. The van der Waals surface area contributed by atoms with Crippen LogP contribution in [-0.2, 0) is 11.2 Å². The second-order valence-corrected chi connectivity index (χ2v) is 8.29. The summed E-state index contributed by atoms with van der Waals surface area (Å²) in [5, 5.41) is 10.6. The van der Waals surface area contributed by atoms with E-state index in [1.54, 1.807) is 11.8 Å². The molecule has 0 atom stereocenters. The minimum atomic E-state index is -0.170. The Balaban J connectivity index is 1.49. The van der Waals surface area contributed by atoms with Crippen molar-refractivity contribution in [3.8, 4) is 0 Å². The maximum atomic E-state index is 12.1. The van der Waals surface area contributed by atoms with Crippen LogP contribution >= 0.6 is 23.5 Å². The van der Waals surface area contributed by atoms with Gasteiger partial charge in [-0.3, -0.25) is 10.1 Å². The van der Waals surface area contributed by atoms with Crippen LogP contribution in [0.15, 0.2) is 62.7 Å². The maximum absolute atomic E-state index is 12.1. The molecular weight excluding hydrogens is 378 g/mol. The van der Waals surface area contributed by atoms with Crippen LogP contribution in [0.4, 0.5) is 6.01 Å². The molecule has 0 unspecified atom stereocenters. The first-order valence-corrected chi connectivity index (χ1v) is 10.6. The molecule has 1 heterocycles. The van der Waals surface area contributed by atoms with Crippen molar-refractivity contribution in [2.45, 2.75) is 30.1 Å². The summed E-state index contributed by atoms with van der Waals surface area (Å²) in [5.74, 6) is 1.65. The number of benzene rings is 2. The summed E-state index contributed by atoms with van der Waals surface area (Å²) in [4.78, 5) is 14.3. The smallest absolute Gasteiger partial charge is 0.322 e. The second kappa shape index (κ2) is 9.62. The molecule has 0 bridgehead atoms. The monoisotopic (exact) mass is 399 g/mol. The van der Waals surface area contributed by atoms with Gasteiger partial charge in [-0.1, -0.05) is 41.9 Å². The first-order chi connectivity index (χ1) is 13.1. The first-order valence-electron chi connectivity index (χ1n) is 8.66. The molecule has 0 aliphatic carbocycles. The van der Waals surface area contributed by atoms with Gasteiger partial charge in [-0.2, -0.15) is 0 Å². The van der Waals surface area contributed by atoms with Gasteiger partial charge in [0.1, 0.15) is 0 Å². The number of carbonyl (C=O) groups excluding carboxylic acids is 1. The van der Waals surface area contributed by atoms with Gasteiger partial charge in [-0.25, -0.2) is 0 Å². The molecule has 0 saturated heterocycles. The van der Waals surface area contributed by atoms with E-state index < -0.39 is 0 Å². The number of nitrogens with one attached hydrogen (secondary N) is 1. The average Bonchev–Trinajstić information content (AvgIpc) is 3.10. The largest absolute Gasteiger partial charge is 0.407 e. The summed E-state index contributed by atoms with van der Waals surface area (Å²) in [6.45, 7) is 4.17. The van der Waals surface area contributed by atoms with Gasteiger partial charge >= 0.3 is 6.01 Å². The molecule has 3 aromatic rings. The molecule has 0 spiro atoms. The Morgan fingerprint density at radius 2 is 1.67 bits per heavy atom. The van der Waals surface area contributed by atoms with E-state index in [1.165, 1.54) is 22.2 Å². The predicted octanol–water partition coefficient (Wildman–Crippen LogP) is 4.81. The summed E-state index contributed by atoms with van der Waals surface area (Å²) in [5.41, 5.74) is 2.29.